The number of nitrogens with zero attached hydrogens (tertiary/aromatic N) is 1. The fourth-order valence-electron chi connectivity index (χ4n) is 2.80. The van der Waals surface area contributed by atoms with Crippen molar-refractivity contribution in [2.45, 2.75) is 13.5 Å². The van der Waals surface area contributed by atoms with Crippen molar-refractivity contribution in [1.82, 2.24) is 15.3 Å². The van der Waals surface area contributed by atoms with Crippen LogP contribution in [0.5, 0.6) is 17.4 Å². The first-order valence-corrected chi connectivity index (χ1v) is 8.47. The molecule has 138 valence electrons. The Balaban J connectivity index is 1.55. The van der Waals surface area contributed by atoms with Crippen LogP contribution in [0, 0.1) is 0 Å². The van der Waals surface area contributed by atoms with Crippen molar-refractivity contribution >= 4 is 16.9 Å². The highest BCUT2D eigenvalue weighted by Gasteiger charge is 2.16. The normalized spacial score (nSPS) is 12.2. The number of amides is 1. The Hall–Kier alpha value is -3.55. The van der Waals surface area contributed by atoms with E-state index in [1.54, 1.807) is 24.3 Å². The summed E-state index contributed by atoms with van der Waals surface area (Å²) in [5, 5.41) is 2.74. The molecule has 1 aliphatic heterocycles. The van der Waals surface area contributed by atoms with Gasteiger partial charge in [-0.1, -0.05) is 6.07 Å². The van der Waals surface area contributed by atoms with Crippen LogP contribution in [-0.4, -0.2) is 29.3 Å². The summed E-state index contributed by atoms with van der Waals surface area (Å²) >= 11 is 0. The molecule has 1 aromatic carbocycles. The summed E-state index contributed by atoms with van der Waals surface area (Å²) in [4.78, 5) is 32.3. The topological polar surface area (TPSA) is 103 Å². The van der Waals surface area contributed by atoms with Crippen LogP contribution in [0.1, 0.15) is 22.8 Å². The summed E-state index contributed by atoms with van der Waals surface area (Å²) in [6.45, 7) is 2.70. The summed E-state index contributed by atoms with van der Waals surface area (Å²) in [6.07, 6.45) is 1.39. The molecule has 2 N–H and O–H groups in total. The van der Waals surface area contributed by atoms with E-state index in [1.807, 2.05) is 13.0 Å². The van der Waals surface area contributed by atoms with Crippen LogP contribution in [0.3, 0.4) is 0 Å². The number of H-pyrrole nitrogens is 1. The molecular formula is C19H17N3O5. The largest absolute Gasteiger partial charge is 0.478 e. The van der Waals surface area contributed by atoms with Gasteiger partial charge >= 0.3 is 0 Å². The van der Waals surface area contributed by atoms with E-state index in [2.05, 4.69) is 15.3 Å². The first kappa shape index (κ1) is 16.9. The van der Waals surface area contributed by atoms with E-state index >= 15 is 0 Å². The molecule has 0 unspecified atom stereocenters. The molecule has 0 atom stereocenters. The third-order valence-corrected chi connectivity index (χ3v) is 4.13. The lowest BCUT2D eigenvalue weighted by atomic mass is 10.2. The Morgan fingerprint density at radius 1 is 1.26 bits per heavy atom. The number of ether oxygens (including phenoxy) is 3. The average Bonchev–Trinajstić information content (AvgIpc) is 3.15. The van der Waals surface area contributed by atoms with Crippen molar-refractivity contribution in [3.63, 3.8) is 0 Å². The number of fused-ring (bicyclic) bond motifs is 2. The molecule has 1 amide bonds. The van der Waals surface area contributed by atoms with E-state index in [9.17, 15) is 9.59 Å². The lowest BCUT2D eigenvalue weighted by Crippen LogP contribution is -2.28. The standard InChI is InChI=1S/C19H17N3O5/c1-2-25-16-6-4-13-17(22-16)18(23)12(9-20-13)19(24)21-8-11-3-5-14-15(7-11)27-10-26-14/h3-7,9H,2,8,10H2,1H3,(H,20,23)(H,21,24). The van der Waals surface area contributed by atoms with Crippen molar-refractivity contribution in [3.8, 4) is 17.4 Å². The predicted octanol–water partition coefficient (Wildman–Crippen LogP) is 1.98. The monoisotopic (exact) mass is 367 g/mol. The number of rotatable bonds is 5. The van der Waals surface area contributed by atoms with Gasteiger partial charge in [0.05, 0.1) is 12.1 Å². The van der Waals surface area contributed by atoms with Crippen LogP contribution >= 0.6 is 0 Å². The molecule has 3 heterocycles. The van der Waals surface area contributed by atoms with Crippen LogP contribution in [0.4, 0.5) is 0 Å². The zero-order valence-electron chi connectivity index (χ0n) is 14.6. The maximum Gasteiger partial charge on any atom is 0.257 e. The second kappa shape index (κ2) is 6.99. The zero-order chi connectivity index (χ0) is 18.8. The van der Waals surface area contributed by atoms with E-state index in [0.717, 1.165) is 5.56 Å². The Labute approximate surface area is 154 Å². The molecule has 2 aromatic heterocycles. The highest BCUT2D eigenvalue weighted by Crippen LogP contribution is 2.32. The van der Waals surface area contributed by atoms with Crippen LogP contribution < -0.4 is 25.0 Å². The van der Waals surface area contributed by atoms with E-state index < -0.39 is 11.3 Å². The lowest BCUT2D eigenvalue weighted by molar-refractivity contribution is 0.0949. The summed E-state index contributed by atoms with van der Waals surface area (Å²) in [7, 11) is 0. The molecule has 8 nitrogen and oxygen atoms in total. The summed E-state index contributed by atoms with van der Waals surface area (Å²) in [5.41, 5.74) is 1.08. The molecule has 0 saturated carbocycles. The van der Waals surface area contributed by atoms with Crippen molar-refractivity contribution in [3.05, 3.63) is 57.9 Å². The molecule has 8 heteroatoms. The van der Waals surface area contributed by atoms with Crippen LogP contribution in [0.25, 0.3) is 11.0 Å². The van der Waals surface area contributed by atoms with E-state index in [1.165, 1.54) is 6.20 Å². The maximum atomic E-state index is 12.7. The zero-order valence-corrected chi connectivity index (χ0v) is 14.6. The molecule has 3 aromatic rings. The van der Waals surface area contributed by atoms with Gasteiger partial charge in [0.15, 0.2) is 11.5 Å². The van der Waals surface area contributed by atoms with Gasteiger partial charge in [-0.3, -0.25) is 9.59 Å². The van der Waals surface area contributed by atoms with Gasteiger partial charge in [0.1, 0.15) is 11.1 Å². The van der Waals surface area contributed by atoms with Crippen LogP contribution in [0.15, 0.2) is 41.3 Å². The maximum absolute atomic E-state index is 12.7. The number of carbonyl (C=O) groups excluding carboxylic acids is 1. The molecule has 0 aliphatic carbocycles. The molecular weight excluding hydrogens is 350 g/mol. The van der Waals surface area contributed by atoms with Crippen molar-refractivity contribution in [1.29, 1.82) is 0 Å². The van der Waals surface area contributed by atoms with Gasteiger partial charge in [0.25, 0.3) is 5.91 Å². The predicted molar refractivity (Wildman–Crippen MR) is 97.3 cm³/mol. The van der Waals surface area contributed by atoms with Crippen molar-refractivity contribution in [2.75, 3.05) is 13.4 Å². The number of nitrogens with one attached hydrogen (secondary N) is 2. The van der Waals surface area contributed by atoms with Crippen LogP contribution in [0.2, 0.25) is 0 Å². The number of hydrogen-bond acceptors (Lipinski definition) is 6. The highest BCUT2D eigenvalue weighted by molar-refractivity contribution is 5.96. The third-order valence-electron chi connectivity index (χ3n) is 4.13. The number of carbonyl (C=O) groups is 1. The quantitative estimate of drug-likeness (QED) is 0.715. The van der Waals surface area contributed by atoms with Gasteiger partial charge in [-0.05, 0) is 30.7 Å². The summed E-state index contributed by atoms with van der Waals surface area (Å²) < 4.78 is 15.9. The summed E-state index contributed by atoms with van der Waals surface area (Å²) in [5.74, 6) is 1.16. The SMILES string of the molecule is CCOc1ccc2[nH]cc(C(=O)NCc3ccc4c(c3)OCO4)c(=O)c2n1. The van der Waals surface area contributed by atoms with Crippen LogP contribution in [-0.2, 0) is 6.54 Å². The van der Waals surface area contributed by atoms with Crippen molar-refractivity contribution in [2.24, 2.45) is 0 Å². The Bertz CT molecular complexity index is 1080. The van der Waals surface area contributed by atoms with E-state index in [-0.39, 0.29) is 24.4 Å². The second-order valence-corrected chi connectivity index (χ2v) is 5.88. The molecule has 0 bridgehead atoms. The van der Waals surface area contributed by atoms with Gasteiger partial charge in [-0.15, -0.1) is 0 Å². The molecule has 1 aliphatic rings. The second-order valence-electron chi connectivity index (χ2n) is 5.88. The van der Waals surface area contributed by atoms with Gasteiger partial charge in [0, 0.05) is 18.8 Å². The van der Waals surface area contributed by atoms with Gasteiger partial charge in [-0.2, -0.15) is 0 Å². The highest BCUT2D eigenvalue weighted by atomic mass is 16.7. The van der Waals surface area contributed by atoms with Crippen molar-refractivity contribution < 1.29 is 19.0 Å². The molecule has 27 heavy (non-hydrogen) atoms. The molecule has 4 rings (SSSR count). The Kier molecular flexibility index (Phi) is 4.37. The molecule has 0 saturated heterocycles. The average molecular weight is 367 g/mol. The summed E-state index contributed by atoms with van der Waals surface area (Å²) in [6, 6.07) is 8.77. The number of benzene rings is 1. The number of aromatic nitrogens is 2. The first-order valence-electron chi connectivity index (χ1n) is 8.47. The minimum absolute atomic E-state index is 0.00982. The fraction of sp³-hybridized carbons (Fsp3) is 0.211. The van der Waals surface area contributed by atoms with Gasteiger partial charge < -0.3 is 24.5 Å². The minimum atomic E-state index is -0.487. The molecule has 0 radical (unpaired) electrons. The number of aromatic amines is 1. The Morgan fingerprint density at radius 3 is 2.96 bits per heavy atom. The number of pyridine rings is 2. The number of hydrogen-bond donors (Lipinski definition) is 2. The molecule has 0 fully saturated rings. The minimum Gasteiger partial charge on any atom is -0.478 e. The van der Waals surface area contributed by atoms with Gasteiger partial charge in [0.2, 0.25) is 18.1 Å². The first-order chi connectivity index (χ1) is 13.2. The lowest BCUT2D eigenvalue weighted by Gasteiger charge is -2.07. The smallest absolute Gasteiger partial charge is 0.257 e. The molecule has 0 spiro atoms. The van der Waals surface area contributed by atoms with E-state index in [0.29, 0.717) is 29.5 Å². The fourth-order valence-corrected chi connectivity index (χ4v) is 2.80. The Morgan fingerprint density at radius 2 is 2.11 bits per heavy atom. The third kappa shape index (κ3) is 3.29. The van der Waals surface area contributed by atoms with Gasteiger partial charge in [-0.25, -0.2) is 4.98 Å². The van der Waals surface area contributed by atoms with E-state index in [4.69, 9.17) is 14.2 Å².